The van der Waals surface area contributed by atoms with Gasteiger partial charge in [-0.05, 0) is 18.9 Å². The summed E-state index contributed by atoms with van der Waals surface area (Å²) in [6.07, 6.45) is -5.02. The van der Waals surface area contributed by atoms with Crippen molar-refractivity contribution in [2.45, 2.75) is 32.0 Å². The summed E-state index contributed by atoms with van der Waals surface area (Å²) in [5.41, 5.74) is 7.44. The van der Waals surface area contributed by atoms with E-state index in [-0.39, 0.29) is 6.42 Å². The summed E-state index contributed by atoms with van der Waals surface area (Å²) in [6, 6.07) is 6.74. The Morgan fingerprint density at radius 2 is 2.00 bits per heavy atom. The number of benzene rings is 1. The minimum Gasteiger partial charge on any atom is -0.324 e. The summed E-state index contributed by atoms with van der Waals surface area (Å²) in [5.74, 6) is 0. The van der Waals surface area contributed by atoms with Crippen LogP contribution in [0.2, 0.25) is 0 Å². The van der Waals surface area contributed by atoms with Crippen LogP contribution in [0.1, 0.15) is 30.0 Å². The molecule has 2 N–H and O–H groups in total. The molecule has 0 fully saturated rings. The van der Waals surface area contributed by atoms with E-state index in [2.05, 4.69) is 0 Å². The SMILES string of the molecule is Cc1cccc(C(N)CCC(F)(F)F)c1. The van der Waals surface area contributed by atoms with Crippen molar-refractivity contribution in [3.63, 3.8) is 0 Å². The molecule has 1 rings (SSSR count). The predicted molar refractivity (Wildman–Crippen MR) is 53.4 cm³/mol. The highest BCUT2D eigenvalue weighted by atomic mass is 19.4. The zero-order valence-corrected chi connectivity index (χ0v) is 8.51. The van der Waals surface area contributed by atoms with Crippen molar-refractivity contribution in [3.05, 3.63) is 35.4 Å². The Morgan fingerprint density at radius 1 is 1.33 bits per heavy atom. The average Bonchev–Trinajstić information content (AvgIpc) is 2.13. The van der Waals surface area contributed by atoms with Gasteiger partial charge in [0.05, 0.1) is 0 Å². The Labute approximate surface area is 87.1 Å². The van der Waals surface area contributed by atoms with E-state index in [9.17, 15) is 13.2 Å². The molecule has 0 spiro atoms. The zero-order valence-electron chi connectivity index (χ0n) is 8.51. The number of hydrogen-bond acceptors (Lipinski definition) is 1. The lowest BCUT2D eigenvalue weighted by Gasteiger charge is -2.13. The van der Waals surface area contributed by atoms with Crippen LogP contribution in [0.3, 0.4) is 0 Å². The van der Waals surface area contributed by atoms with E-state index in [4.69, 9.17) is 5.73 Å². The summed E-state index contributed by atoms with van der Waals surface area (Å²) in [5, 5.41) is 0. The molecular weight excluding hydrogens is 203 g/mol. The van der Waals surface area contributed by atoms with Crippen molar-refractivity contribution in [2.75, 3.05) is 0 Å². The Kier molecular flexibility index (Phi) is 3.74. The first-order chi connectivity index (χ1) is 6.88. The Balaban J connectivity index is 2.58. The Morgan fingerprint density at radius 3 is 2.53 bits per heavy atom. The molecule has 0 aromatic heterocycles. The molecule has 1 nitrogen and oxygen atoms in total. The number of rotatable bonds is 3. The van der Waals surface area contributed by atoms with Gasteiger partial charge in [-0.1, -0.05) is 29.8 Å². The van der Waals surface area contributed by atoms with Gasteiger partial charge in [0.1, 0.15) is 0 Å². The number of nitrogens with two attached hydrogens (primary N) is 1. The van der Waals surface area contributed by atoms with E-state index in [1.54, 1.807) is 12.1 Å². The molecule has 0 saturated heterocycles. The summed E-state index contributed by atoms with van der Waals surface area (Å²) < 4.78 is 35.9. The third-order valence-corrected chi connectivity index (χ3v) is 2.21. The number of alkyl halides is 3. The van der Waals surface area contributed by atoms with E-state index >= 15 is 0 Å². The Bertz CT molecular complexity index is 320. The van der Waals surface area contributed by atoms with Crippen LogP contribution in [0.5, 0.6) is 0 Å². The number of aryl methyl sites for hydroxylation is 1. The van der Waals surface area contributed by atoms with Crippen LogP contribution in [0.15, 0.2) is 24.3 Å². The van der Waals surface area contributed by atoms with Crippen LogP contribution in [-0.4, -0.2) is 6.18 Å². The summed E-state index contributed by atoms with van der Waals surface area (Å²) in [4.78, 5) is 0. The molecule has 1 atom stereocenters. The molecule has 1 aromatic carbocycles. The molecule has 4 heteroatoms. The minimum absolute atomic E-state index is 0.0625. The summed E-state index contributed by atoms with van der Waals surface area (Å²) in [6.45, 7) is 1.89. The lowest BCUT2D eigenvalue weighted by atomic mass is 10.0. The van der Waals surface area contributed by atoms with Gasteiger partial charge in [-0.2, -0.15) is 13.2 Å². The van der Waals surface area contributed by atoms with Crippen molar-refractivity contribution in [1.29, 1.82) is 0 Å². The van der Waals surface area contributed by atoms with Crippen molar-refractivity contribution < 1.29 is 13.2 Å². The maximum absolute atomic E-state index is 12.0. The van der Waals surface area contributed by atoms with Gasteiger partial charge in [0.15, 0.2) is 0 Å². The van der Waals surface area contributed by atoms with Gasteiger partial charge in [0.2, 0.25) is 0 Å². The lowest BCUT2D eigenvalue weighted by Crippen LogP contribution is -2.15. The molecule has 84 valence electrons. The van der Waals surface area contributed by atoms with Gasteiger partial charge in [0.25, 0.3) is 0 Å². The van der Waals surface area contributed by atoms with Crippen molar-refractivity contribution in [2.24, 2.45) is 5.73 Å². The molecule has 0 radical (unpaired) electrons. The highest BCUT2D eigenvalue weighted by Gasteiger charge is 2.27. The van der Waals surface area contributed by atoms with Crippen LogP contribution in [0.25, 0.3) is 0 Å². The first-order valence-corrected chi connectivity index (χ1v) is 4.77. The zero-order chi connectivity index (χ0) is 11.5. The van der Waals surface area contributed by atoms with Crippen molar-refractivity contribution in [3.8, 4) is 0 Å². The largest absolute Gasteiger partial charge is 0.389 e. The standard InChI is InChI=1S/C11H14F3N/c1-8-3-2-4-9(7-8)10(15)5-6-11(12,13)14/h2-4,7,10H,5-6,15H2,1H3. The lowest BCUT2D eigenvalue weighted by molar-refractivity contribution is -0.136. The quantitative estimate of drug-likeness (QED) is 0.825. The van der Waals surface area contributed by atoms with Crippen molar-refractivity contribution >= 4 is 0 Å². The topological polar surface area (TPSA) is 26.0 Å². The van der Waals surface area contributed by atoms with Gasteiger partial charge in [-0.15, -0.1) is 0 Å². The van der Waals surface area contributed by atoms with E-state index in [1.165, 1.54) is 0 Å². The predicted octanol–water partition coefficient (Wildman–Crippen LogP) is 3.34. The second-order valence-electron chi connectivity index (χ2n) is 3.67. The van der Waals surface area contributed by atoms with Gasteiger partial charge in [-0.3, -0.25) is 0 Å². The Hall–Kier alpha value is -1.03. The van der Waals surface area contributed by atoms with Gasteiger partial charge in [-0.25, -0.2) is 0 Å². The number of hydrogen-bond donors (Lipinski definition) is 1. The molecule has 15 heavy (non-hydrogen) atoms. The first-order valence-electron chi connectivity index (χ1n) is 4.77. The molecule has 0 heterocycles. The second kappa shape index (κ2) is 4.66. The fourth-order valence-corrected chi connectivity index (χ4v) is 1.39. The molecule has 0 aliphatic carbocycles. The highest BCUT2D eigenvalue weighted by Crippen LogP contribution is 2.26. The fourth-order valence-electron chi connectivity index (χ4n) is 1.39. The van der Waals surface area contributed by atoms with Crippen LogP contribution in [0.4, 0.5) is 13.2 Å². The maximum atomic E-state index is 12.0. The smallest absolute Gasteiger partial charge is 0.324 e. The van der Waals surface area contributed by atoms with Crippen molar-refractivity contribution in [1.82, 2.24) is 0 Å². The monoisotopic (exact) mass is 217 g/mol. The third-order valence-electron chi connectivity index (χ3n) is 2.21. The summed E-state index contributed by atoms with van der Waals surface area (Å²) in [7, 11) is 0. The second-order valence-corrected chi connectivity index (χ2v) is 3.67. The van der Waals surface area contributed by atoms with Crippen LogP contribution in [-0.2, 0) is 0 Å². The average molecular weight is 217 g/mol. The highest BCUT2D eigenvalue weighted by molar-refractivity contribution is 5.24. The van der Waals surface area contributed by atoms with E-state index in [0.29, 0.717) is 0 Å². The first kappa shape index (κ1) is 12.0. The normalized spacial score (nSPS) is 13.9. The van der Waals surface area contributed by atoms with E-state index in [0.717, 1.165) is 11.1 Å². The van der Waals surface area contributed by atoms with Gasteiger partial charge < -0.3 is 5.73 Å². The third kappa shape index (κ3) is 4.34. The molecule has 0 amide bonds. The van der Waals surface area contributed by atoms with Crippen LogP contribution in [0, 0.1) is 6.92 Å². The fraction of sp³-hybridized carbons (Fsp3) is 0.455. The molecule has 0 saturated carbocycles. The molecule has 1 unspecified atom stereocenters. The van der Waals surface area contributed by atoms with Crippen LogP contribution >= 0.6 is 0 Å². The molecule has 1 aromatic rings. The number of halogens is 3. The van der Waals surface area contributed by atoms with Gasteiger partial charge in [0, 0.05) is 12.5 Å². The van der Waals surface area contributed by atoms with Gasteiger partial charge >= 0.3 is 6.18 Å². The molecule has 0 aliphatic heterocycles. The molecule has 0 bridgehead atoms. The van der Waals surface area contributed by atoms with Crippen LogP contribution < -0.4 is 5.73 Å². The maximum Gasteiger partial charge on any atom is 0.389 e. The van der Waals surface area contributed by atoms with E-state index in [1.807, 2.05) is 19.1 Å². The molecular formula is C11H14F3N. The summed E-state index contributed by atoms with van der Waals surface area (Å²) >= 11 is 0. The van der Waals surface area contributed by atoms with E-state index < -0.39 is 18.6 Å². The minimum atomic E-state index is -4.12. The molecule has 0 aliphatic rings.